The molecule has 4 rings (SSSR count). The van der Waals surface area contributed by atoms with Crippen molar-refractivity contribution in [2.45, 2.75) is 32.6 Å². The van der Waals surface area contributed by atoms with E-state index in [1.165, 1.54) is 18.2 Å². The largest absolute Gasteiger partial charge is 0.491 e. The molecule has 0 unspecified atom stereocenters. The van der Waals surface area contributed by atoms with Crippen LogP contribution < -0.4 is 15.5 Å². The summed E-state index contributed by atoms with van der Waals surface area (Å²) in [6.45, 7) is 2.72. The van der Waals surface area contributed by atoms with Gasteiger partial charge in [-0.1, -0.05) is 24.3 Å². The molecule has 0 radical (unpaired) electrons. The lowest BCUT2D eigenvalue weighted by Gasteiger charge is -2.29. The Morgan fingerprint density at radius 1 is 1.20 bits per heavy atom. The molecule has 7 nitrogen and oxygen atoms in total. The predicted molar refractivity (Wildman–Crippen MR) is 112 cm³/mol. The van der Waals surface area contributed by atoms with Crippen LogP contribution in [-0.4, -0.2) is 29.0 Å². The summed E-state index contributed by atoms with van der Waals surface area (Å²) in [5.41, 5.74) is 3.28. The fourth-order valence-corrected chi connectivity index (χ4v) is 3.76. The third-order valence-corrected chi connectivity index (χ3v) is 5.35. The van der Waals surface area contributed by atoms with Crippen molar-refractivity contribution in [1.82, 2.24) is 14.8 Å². The number of nitrogens with zero attached hydrogens (tertiary/aromatic N) is 2. The zero-order valence-corrected chi connectivity index (χ0v) is 17.0. The van der Waals surface area contributed by atoms with Crippen LogP contribution in [0.25, 0.3) is 0 Å². The van der Waals surface area contributed by atoms with Crippen LogP contribution in [0.2, 0.25) is 0 Å². The number of fused-ring (bicyclic) bond motifs is 1. The summed E-state index contributed by atoms with van der Waals surface area (Å²) in [6, 6.07) is 13.6. The van der Waals surface area contributed by atoms with Crippen molar-refractivity contribution in [3.8, 4) is 5.75 Å². The van der Waals surface area contributed by atoms with E-state index in [-0.39, 0.29) is 23.6 Å². The highest BCUT2D eigenvalue weighted by atomic mass is 16.5. The van der Waals surface area contributed by atoms with E-state index < -0.39 is 0 Å². The van der Waals surface area contributed by atoms with Crippen molar-refractivity contribution in [1.29, 1.82) is 0 Å². The molecule has 1 amide bonds. The minimum Gasteiger partial charge on any atom is -0.491 e. The minimum absolute atomic E-state index is 0.0944. The van der Waals surface area contributed by atoms with Gasteiger partial charge in [-0.05, 0) is 29.7 Å². The fourth-order valence-electron chi connectivity index (χ4n) is 3.76. The fraction of sp³-hybridized carbons (Fsp3) is 0.304. The SMILES string of the molecule is COc1cn(CC(=O)NCc2ccco2)c(CN2CCc3ccccc3C2)cc1=O. The van der Waals surface area contributed by atoms with Crippen LogP contribution >= 0.6 is 0 Å². The van der Waals surface area contributed by atoms with Gasteiger partial charge < -0.3 is 19.0 Å². The molecule has 0 bridgehead atoms. The molecule has 7 heteroatoms. The monoisotopic (exact) mass is 407 g/mol. The number of pyridine rings is 1. The Morgan fingerprint density at radius 3 is 2.80 bits per heavy atom. The topological polar surface area (TPSA) is 76.7 Å². The normalized spacial score (nSPS) is 13.6. The zero-order valence-electron chi connectivity index (χ0n) is 17.0. The third-order valence-electron chi connectivity index (χ3n) is 5.35. The minimum atomic E-state index is -0.183. The van der Waals surface area contributed by atoms with Crippen LogP contribution in [0, 0.1) is 0 Å². The molecule has 3 heterocycles. The number of carbonyl (C=O) groups excluding carboxylic acids is 1. The van der Waals surface area contributed by atoms with Gasteiger partial charge in [-0.15, -0.1) is 0 Å². The Balaban J connectivity index is 1.50. The Morgan fingerprint density at radius 2 is 2.03 bits per heavy atom. The van der Waals surface area contributed by atoms with Crippen LogP contribution in [-0.2, 0) is 37.4 Å². The summed E-state index contributed by atoms with van der Waals surface area (Å²) in [4.78, 5) is 27.1. The summed E-state index contributed by atoms with van der Waals surface area (Å²) in [5.74, 6) is 0.747. The first kappa shape index (κ1) is 20.0. The van der Waals surface area contributed by atoms with Crippen LogP contribution in [0.5, 0.6) is 5.75 Å². The van der Waals surface area contributed by atoms with Crippen molar-refractivity contribution in [2.24, 2.45) is 0 Å². The second-order valence-corrected chi connectivity index (χ2v) is 7.41. The summed E-state index contributed by atoms with van der Waals surface area (Å²) >= 11 is 0. The van der Waals surface area contributed by atoms with Crippen LogP contribution in [0.4, 0.5) is 0 Å². The number of rotatable bonds is 7. The van der Waals surface area contributed by atoms with Crippen molar-refractivity contribution in [3.05, 3.63) is 87.7 Å². The van der Waals surface area contributed by atoms with Gasteiger partial charge in [-0.2, -0.15) is 0 Å². The van der Waals surface area contributed by atoms with E-state index in [1.807, 2.05) is 6.07 Å². The molecular formula is C23H25N3O4. The Kier molecular flexibility index (Phi) is 5.99. The molecule has 0 aliphatic carbocycles. The molecule has 1 N–H and O–H groups in total. The molecule has 0 spiro atoms. The zero-order chi connectivity index (χ0) is 20.9. The first-order valence-electron chi connectivity index (χ1n) is 9.98. The van der Waals surface area contributed by atoms with E-state index in [9.17, 15) is 9.59 Å². The lowest BCUT2D eigenvalue weighted by Crippen LogP contribution is -2.33. The summed E-state index contributed by atoms with van der Waals surface area (Å²) in [5, 5.41) is 2.84. The van der Waals surface area contributed by atoms with E-state index in [0.29, 0.717) is 18.8 Å². The second-order valence-electron chi connectivity index (χ2n) is 7.41. The number of aromatic nitrogens is 1. The first-order chi connectivity index (χ1) is 14.6. The quantitative estimate of drug-likeness (QED) is 0.651. The lowest BCUT2D eigenvalue weighted by atomic mass is 10.00. The average molecular weight is 407 g/mol. The molecule has 2 aromatic heterocycles. The van der Waals surface area contributed by atoms with Gasteiger partial charge in [0.2, 0.25) is 11.3 Å². The van der Waals surface area contributed by atoms with E-state index in [0.717, 1.165) is 25.2 Å². The molecule has 156 valence electrons. The van der Waals surface area contributed by atoms with Crippen LogP contribution in [0.1, 0.15) is 22.6 Å². The predicted octanol–water partition coefficient (Wildman–Crippen LogP) is 2.32. The molecule has 1 aliphatic rings. The third kappa shape index (κ3) is 4.63. The smallest absolute Gasteiger partial charge is 0.240 e. The molecule has 0 fully saturated rings. The number of benzene rings is 1. The second kappa shape index (κ2) is 9.00. The van der Waals surface area contributed by atoms with Crippen molar-refractivity contribution < 1.29 is 13.9 Å². The first-order valence-corrected chi connectivity index (χ1v) is 9.98. The van der Waals surface area contributed by atoms with Gasteiger partial charge >= 0.3 is 0 Å². The van der Waals surface area contributed by atoms with Gasteiger partial charge in [0.1, 0.15) is 12.3 Å². The Labute approximate surface area is 174 Å². The van der Waals surface area contributed by atoms with Crippen molar-refractivity contribution >= 4 is 5.91 Å². The number of carbonyl (C=O) groups is 1. The molecule has 0 atom stereocenters. The van der Waals surface area contributed by atoms with Gasteiger partial charge in [-0.3, -0.25) is 14.5 Å². The van der Waals surface area contributed by atoms with E-state index in [1.54, 1.807) is 29.2 Å². The molecular weight excluding hydrogens is 382 g/mol. The van der Waals surface area contributed by atoms with E-state index in [4.69, 9.17) is 9.15 Å². The summed E-state index contributed by atoms with van der Waals surface area (Å²) < 4.78 is 12.2. The average Bonchev–Trinajstić information content (AvgIpc) is 3.28. The molecule has 1 aliphatic heterocycles. The number of amides is 1. The van der Waals surface area contributed by atoms with Gasteiger partial charge in [-0.25, -0.2) is 0 Å². The van der Waals surface area contributed by atoms with Crippen LogP contribution in [0.15, 0.2) is 64.1 Å². The maximum atomic E-state index is 12.5. The number of ether oxygens (including phenoxy) is 1. The van der Waals surface area contributed by atoms with Crippen LogP contribution in [0.3, 0.4) is 0 Å². The number of furan rings is 1. The highest BCUT2D eigenvalue weighted by molar-refractivity contribution is 5.75. The maximum absolute atomic E-state index is 12.5. The summed E-state index contributed by atoms with van der Waals surface area (Å²) in [6.07, 6.45) is 4.16. The molecule has 3 aromatic rings. The van der Waals surface area contributed by atoms with Crippen molar-refractivity contribution in [3.63, 3.8) is 0 Å². The van der Waals surface area contributed by atoms with Crippen molar-refractivity contribution in [2.75, 3.05) is 13.7 Å². The lowest BCUT2D eigenvalue weighted by molar-refractivity contribution is -0.122. The highest BCUT2D eigenvalue weighted by Crippen LogP contribution is 2.20. The number of hydrogen-bond donors (Lipinski definition) is 1. The van der Waals surface area contributed by atoms with E-state index >= 15 is 0 Å². The standard InChI is InChI=1S/C23H25N3O4/c1-29-22-15-26(16-23(28)24-12-20-7-4-10-30-20)19(11-21(22)27)14-25-9-8-17-5-2-3-6-18(17)13-25/h2-7,10-11,15H,8-9,12-14,16H2,1H3,(H,24,28). The number of hydrogen-bond acceptors (Lipinski definition) is 5. The molecule has 1 aromatic carbocycles. The number of nitrogens with one attached hydrogen (secondary N) is 1. The van der Waals surface area contributed by atoms with Gasteiger partial charge in [0.25, 0.3) is 0 Å². The Bertz CT molecular complexity index is 1070. The van der Waals surface area contributed by atoms with Gasteiger partial charge in [0.15, 0.2) is 5.75 Å². The summed E-state index contributed by atoms with van der Waals surface area (Å²) in [7, 11) is 1.46. The van der Waals surface area contributed by atoms with Gasteiger partial charge in [0, 0.05) is 31.4 Å². The van der Waals surface area contributed by atoms with Gasteiger partial charge in [0.05, 0.1) is 26.1 Å². The van der Waals surface area contributed by atoms with E-state index in [2.05, 4.69) is 34.5 Å². The maximum Gasteiger partial charge on any atom is 0.240 e. The highest BCUT2D eigenvalue weighted by Gasteiger charge is 2.18. The molecule has 0 saturated carbocycles. The Hall–Kier alpha value is -3.32. The number of methoxy groups -OCH3 is 1. The molecule has 0 saturated heterocycles. The molecule has 30 heavy (non-hydrogen) atoms.